The molecule has 3 N–H and O–H groups in total. The third kappa shape index (κ3) is 3.56. The fourth-order valence-electron chi connectivity index (χ4n) is 3.46. The Hall–Kier alpha value is -2.46. The average Bonchev–Trinajstić information content (AvgIpc) is 3.05. The maximum atomic E-state index is 5.71. The Morgan fingerprint density at radius 3 is 2.54 bits per heavy atom. The normalized spacial score (nSPS) is 11.1. The summed E-state index contributed by atoms with van der Waals surface area (Å²) in [4.78, 5) is 3.62. The van der Waals surface area contributed by atoms with Crippen molar-refractivity contribution in [3.8, 4) is 22.8 Å². The second kappa shape index (κ2) is 8.28. The molecular formula is C22H28N2O2. The summed E-state index contributed by atoms with van der Waals surface area (Å²) in [6, 6.07) is 12.6. The lowest BCUT2D eigenvalue weighted by Crippen LogP contribution is -1.99. The van der Waals surface area contributed by atoms with E-state index >= 15 is 0 Å². The lowest BCUT2D eigenvalue weighted by atomic mass is 9.98. The third-order valence-corrected chi connectivity index (χ3v) is 4.94. The maximum Gasteiger partial charge on any atom is 0.128 e. The molecule has 0 aliphatic heterocycles. The molecule has 0 atom stereocenters. The van der Waals surface area contributed by atoms with Crippen molar-refractivity contribution in [2.24, 2.45) is 5.73 Å². The first-order valence-electron chi connectivity index (χ1n) is 9.27. The van der Waals surface area contributed by atoms with Crippen LogP contribution in [0.4, 0.5) is 0 Å². The van der Waals surface area contributed by atoms with Gasteiger partial charge in [-0.3, -0.25) is 0 Å². The largest absolute Gasteiger partial charge is 0.497 e. The van der Waals surface area contributed by atoms with E-state index in [1.807, 2.05) is 18.2 Å². The van der Waals surface area contributed by atoms with Crippen LogP contribution >= 0.6 is 0 Å². The predicted molar refractivity (Wildman–Crippen MR) is 108 cm³/mol. The first-order chi connectivity index (χ1) is 12.7. The Bertz CT molecular complexity index is 883. The van der Waals surface area contributed by atoms with Crippen LogP contribution in [0.15, 0.2) is 36.4 Å². The highest BCUT2D eigenvalue weighted by Crippen LogP contribution is 2.38. The highest BCUT2D eigenvalue weighted by molar-refractivity contribution is 5.92. The van der Waals surface area contributed by atoms with Crippen LogP contribution < -0.4 is 15.2 Å². The number of unbranched alkanes of at least 4 members (excludes halogenated alkanes) is 1. The topological polar surface area (TPSA) is 60.3 Å². The van der Waals surface area contributed by atoms with Crippen molar-refractivity contribution < 1.29 is 9.47 Å². The summed E-state index contributed by atoms with van der Waals surface area (Å²) in [5, 5.41) is 1.29. The lowest BCUT2D eigenvalue weighted by molar-refractivity contribution is 0.404. The zero-order valence-electron chi connectivity index (χ0n) is 15.9. The van der Waals surface area contributed by atoms with Gasteiger partial charge in [0.05, 0.1) is 19.9 Å². The molecule has 3 aromatic rings. The molecule has 0 fully saturated rings. The van der Waals surface area contributed by atoms with Crippen molar-refractivity contribution in [1.82, 2.24) is 4.98 Å². The van der Waals surface area contributed by atoms with Gasteiger partial charge in [0.1, 0.15) is 11.5 Å². The minimum Gasteiger partial charge on any atom is -0.497 e. The Morgan fingerprint density at radius 2 is 1.85 bits per heavy atom. The Kier molecular flexibility index (Phi) is 5.84. The standard InChI is InChI=1S/C22H28N2O2/c1-4-15-8-10-20-18(13-15)17(7-5-6-12-23)22(24-20)19-14-16(25-2)9-11-21(19)26-3/h8-11,13-14,24H,4-7,12,23H2,1-3H3. The van der Waals surface area contributed by atoms with Crippen molar-refractivity contribution >= 4 is 10.9 Å². The summed E-state index contributed by atoms with van der Waals surface area (Å²) in [6.07, 6.45) is 4.11. The molecule has 0 saturated carbocycles. The number of hydrogen-bond acceptors (Lipinski definition) is 3. The Balaban J connectivity index is 2.19. The number of nitrogens with two attached hydrogens (primary N) is 1. The number of aromatic amines is 1. The zero-order valence-corrected chi connectivity index (χ0v) is 15.9. The maximum absolute atomic E-state index is 5.71. The van der Waals surface area contributed by atoms with Crippen molar-refractivity contribution in [3.63, 3.8) is 0 Å². The molecular weight excluding hydrogens is 324 g/mol. The molecule has 4 heteroatoms. The number of rotatable bonds is 8. The molecule has 1 heterocycles. The van der Waals surface area contributed by atoms with Gasteiger partial charge >= 0.3 is 0 Å². The number of aryl methyl sites for hydroxylation is 2. The molecule has 3 rings (SSSR count). The van der Waals surface area contributed by atoms with E-state index in [1.54, 1.807) is 14.2 Å². The summed E-state index contributed by atoms with van der Waals surface area (Å²) < 4.78 is 11.1. The summed E-state index contributed by atoms with van der Waals surface area (Å²) in [5.41, 5.74) is 11.7. The van der Waals surface area contributed by atoms with Gasteiger partial charge in [-0.2, -0.15) is 0 Å². The number of aromatic nitrogens is 1. The SMILES string of the molecule is CCc1ccc2[nH]c(-c3cc(OC)ccc3OC)c(CCCCN)c2c1. The van der Waals surface area contributed by atoms with Gasteiger partial charge in [-0.05, 0) is 73.7 Å². The highest BCUT2D eigenvalue weighted by atomic mass is 16.5. The Labute approximate surface area is 155 Å². The van der Waals surface area contributed by atoms with Gasteiger partial charge in [0.25, 0.3) is 0 Å². The highest BCUT2D eigenvalue weighted by Gasteiger charge is 2.17. The molecule has 4 nitrogen and oxygen atoms in total. The number of ether oxygens (including phenoxy) is 2. The van der Waals surface area contributed by atoms with Gasteiger partial charge < -0.3 is 20.2 Å². The minimum atomic E-state index is 0.723. The van der Waals surface area contributed by atoms with Gasteiger partial charge in [-0.1, -0.05) is 13.0 Å². The first-order valence-corrected chi connectivity index (χ1v) is 9.27. The molecule has 2 aromatic carbocycles. The van der Waals surface area contributed by atoms with Gasteiger partial charge in [0.2, 0.25) is 0 Å². The van der Waals surface area contributed by atoms with E-state index in [1.165, 1.54) is 16.5 Å². The van der Waals surface area contributed by atoms with Crippen LogP contribution in [0.2, 0.25) is 0 Å². The van der Waals surface area contributed by atoms with E-state index < -0.39 is 0 Å². The summed E-state index contributed by atoms with van der Waals surface area (Å²) in [5.74, 6) is 1.66. The van der Waals surface area contributed by atoms with Gasteiger partial charge in [-0.25, -0.2) is 0 Å². The smallest absolute Gasteiger partial charge is 0.128 e. The second-order valence-corrected chi connectivity index (χ2v) is 6.52. The van der Waals surface area contributed by atoms with Gasteiger partial charge in [0.15, 0.2) is 0 Å². The quantitative estimate of drug-likeness (QED) is 0.578. The van der Waals surface area contributed by atoms with Gasteiger partial charge in [0, 0.05) is 16.5 Å². The third-order valence-electron chi connectivity index (χ3n) is 4.94. The van der Waals surface area contributed by atoms with Crippen LogP contribution in [0, 0.1) is 0 Å². The molecule has 0 unspecified atom stereocenters. The fourth-order valence-corrected chi connectivity index (χ4v) is 3.46. The molecule has 0 radical (unpaired) electrons. The number of nitrogens with one attached hydrogen (secondary N) is 1. The number of benzene rings is 2. The van der Waals surface area contributed by atoms with Crippen molar-refractivity contribution in [1.29, 1.82) is 0 Å². The van der Waals surface area contributed by atoms with Crippen LogP contribution in [0.3, 0.4) is 0 Å². The molecule has 0 aliphatic carbocycles. The van der Waals surface area contributed by atoms with Crippen LogP contribution in [-0.4, -0.2) is 25.7 Å². The molecule has 1 aromatic heterocycles. The summed E-state index contributed by atoms with van der Waals surface area (Å²) in [7, 11) is 3.39. The number of H-pyrrole nitrogens is 1. The molecule has 138 valence electrons. The van der Waals surface area contributed by atoms with E-state index in [0.29, 0.717) is 0 Å². The number of hydrogen-bond donors (Lipinski definition) is 2. The average molecular weight is 352 g/mol. The molecule has 0 bridgehead atoms. The monoisotopic (exact) mass is 352 g/mol. The zero-order chi connectivity index (χ0) is 18.5. The van der Waals surface area contributed by atoms with Crippen LogP contribution in [0.25, 0.3) is 22.2 Å². The minimum absolute atomic E-state index is 0.723. The summed E-state index contributed by atoms with van der Waals surface area (Å²) >= 11 is 0. The molecule has 26 heavy (non-hydrogen) atoms. The van der Waals surface area contributed by atoms with E-state index in [9.17, 15) is 0 Å². The van der Waals surface area contributed by atoms with E-state index in [4.69, 9.17) is 15.2 Å². The predicted octanol–water partition coefficient (Wildman–Crippen LogP) is 4.70. The molecule has 0 aliphatic rings. The van der Waals surface area contributed by atoms with Crippen molar-refractivity contribution in [2.75, 3.05) is 20.8 Å². The molecule has 0 saturated heterocycles. The molecule has 0 spiro atoms. The van der Waals surface area contributed by atoms with Crippen LogP contribution in [0.1, 0.15) is 30.9 Å². The van der Waals surface area contributed by atoms with Crippen LogP contribution in [-0.2, 0) is 12.8 Å². The second-order valence-electron chi connectivity index (χ2n) is 6.52. The Morgan fingerprint density at radius 1 is 1.00 bits per heavy atom. The van der Waals surface area contributed by atoms with Crippen LogP contribution in [0.5, 0.6) is 11.5 Å². The van der Waals surface area contributed by atoms with Crippen molar-refractivity contribution in [2.45, 2.75) is 32.6 Å². The fraction of sp³-hybridized carbons (Fsp3) is 0.364. The van der Waals surface area contributed by atoms with E-state index in [2.05, 4.69) is 30.1 Å². The number of methoxy groups -OCH3 is 2. The van der Waals surface area contributed by atoms with Gasteiger partial charge in [-0.15, -0.1) is 0 Å². The number of fused-ring (bicyclic) bond motifs is 1. The lowest BCUT2D eigenvalue weighted by Gasteiger charge is -2.12. The first kappa shape index (κ1) is 18.3. The molecule has 0 amide bonds. The van der Waals surface area contributed by atoms with E-state index in [0.717, 1.165) is 60.5 Å². The summed E-state index contributed by atoms with van der Waals surface area (Å²) in [6.45, 7) is 2.91. The van der Waals surface area contributed by atoms with Crippen molar-refractivity contribution in [3.05, 3.63) is 47.5 Å². The van der Waals surface area contributed by atoms with E-state index in [-0.39, 0.29) is 0 Å².